The second-order valence-corrected chi connectivity index (χ2v) is 0. The van der Waals surface area contributed by atoms with E-state index in [0.717, 1.165) is 0 Å². The fourth-order valence-electron chi connectivity index (χ4n) is 0. The van der Waals surface area contributed by atoms with Crippen LogP contribution < -0.4 is 0 Å². The molecule has 0 unspecified atom stereocenters. The van der Waals surface area contributed by atoms with E-state index in [2.05, 4.69) is 0 Å². The van der Waals surface area contributed by atoms with Crippen LogP contribution in [0.5, 0.6) is 0 Å². The predicted octanol–water partition coefficient (Wildman–Crippen LogP) is -1.72. The van der Waals surface area contributed by atoms with Crippen molar-refractivity contribution in [2.75, 3.05) is 0 Å². The van der Waals surface area contributed by atoms with Crippen LogP contribution >= 0.6 is 13.5 Å². The van der Waals surface area contributed by atoms with Gasteiger partial charge in [-0.2, -0.15) is 13.5 Å². The van der Waals surface area contributed by atoms with Crippen LogP contribution in [-0.4, -0.2) is 61.6 Å². The summed E-state index contributed by atoms with van der Waals surface area (Å²) < 4.78 is 0. The van der Waals surface area contributed by atoms with Gasteiger partial charge in [0.25, 0.3) is 0 Å². The Hall–Kier alpha value is 3.55. The van der Waals surface area contributed by atoms with Crippen LogP contribution in [0.1, 0.15) is 0 Å². The predicted molar refractivity (Wildman–Crippen MR) is 27.5 cm³/mol. The molecule has 0 aromatic carbocycles. The largest absolute Gasteiger partial charge is 0 e. The molecule has 0 heterocycles. The number of hydrogen-bond donors (Lipinski definition) is 0. The first-order valence-electron chi connectivity index (χ1n) is 0. The van der Waals surface area contributed by atoms with Gasteiger partial charge in [-0.15, -0.1) is 0 Å². The normalized spacial score (nSPS) is 0. The van der Waals surface area contributed by atoms with Gasteiger partial charge < -0.3 is 0 Å². The van der Waals surface area contributed by atoms with E-state index in [1.807, 2.05) is 0 Å². The maximum atomic E-state index is 0. The Labute approximate surface area is 109 Å². The average Bonchev–Trinajstić information content (AvgIpc) is 0. The van der Waals surface area contributed by atoms with Gasteiger partial charge in [0.1, 0.15) is 0 Å². The number of hydrogen-bond acceptors (Lipinski definition) is 0. The molecule has 0 fully saturated rings. The molecule has 0 aromatic heterocycles. The summed E-state index contributed by atoms with van der Waals surface area (Å²) >= 11 is 0. The molecule has 3 radical (unpaired) electrons. The molecule has 0 rings (SSSR count). The third-order valence-electron chi connectivity index (χ3n) is 0. The molecule has 5 heteroatoms. The van der Waals surface area contributed by atoms with Gasteiger partial charge in [-0.1, -0.05) is 0 Å². The third-order valence-corrected chi connectivity index (χ3v) is 0. The quantitative estimate of drug-likeness (QED) is 0.465. The van der Waals surface area contributed by atoms with Crippen molar-refractivity contribution >= 4 is 75.1 Å². The van der Waals surface area contributed by atoms with Crippen molar-refractivity contribution in [3.63, 3.8) is 0 Å². The van der Waals surface area contributed by atoms with Crippen LogP contribution in [0, 0.1) is 0 Å². The maximum Gasteiger partial charge on any atom is 0 e. The van der Waals surface area contributed by atoms with E-state index in [1.54, 1.807) is 0 Å². The van der Waals surface area contributed by atoms with Crippen molar-refractivity contribution in [3.8, 4) is 0 Å². The second-order valence-electron chi connectivity index (χ2n) is 0. The van der Waals surface area contributed by atoms with Gasteiger partial charge in [0.2, 0.25) is 0 Å². The molecule has 0 spiro atoms. The van der Waals surface area contributed by atoms with E-state index >= 15 is 0 Å². The summed E-state index contributed by atoms with van der Waals surface area (Å²) in [7, 11) is 0. The standard InChI is InChI=1S/Ca.Cu.H2S.Sn.Zn.4H/h;;1H2;;;;;;. The van der Waals surface area contributed by atoms with Crippen LogP contribution in [0.2, 0.25) is 0 Å². The first-order valence-corrected chi connectivity index (χ1v) is 0. The molecule has 0 aliphatic heterocycles. The van der Waals surface area contributed by atoms with Crippen molar-refractivity contribution in [1.82, 2.24) is 0 Å². The molecule has 0 saturated heterocycles. The minimum absolute atomic E-state index is 0. The van der Waals surface area contributed by atoms with Crippen molar-refractivity contribution < 1.29 is 36.5 Å². The van der Waals surface area contributed by atoms with Crippen molar-refractivity contribution in [2.24, 2.45) is 0 Å². The summed E-state index contributed by atoms with van der Waals surface area (Å²) in [5, 5.41) is 0. The molecular formula is H6CaCuSSnZn. The van der Waals surface area contributed by atoms with Crippen LogP contribution in [-0.2, 0) is 36.5 Å². The second kappa shape index (κ2) is 25.7. The molecule has 5 heavy (non-hydrogen) atoms. The van der Waals surface area contributed by atoms with Crippen LogP contribution in [0.15, 0.2) is 0 Å². The Morgan fingerprint density at radius 2 is 1.00 bits per heavy atom. The summed E-state index contributed by atoms with van der Waals surface area (Å²) in [6, 6.07) is 0. The van der Waals surface area contributed by atoms with Crippen LogP contribution in [0.4, 0.5) is 0 Å². The average molecular weight is 326 g/mol. The van der Waals surface area contributed by atoms with Gasteiger partial charge >= 0.3 is 61.6 Å². The Bertz CT molecular complexity index is 11.6. The molecule has 31 valence electrons. The molecule has 0 amide bonds. The third kappa shape index (κ3) is 18.5. The summed E-state index contributed by atoms with van der Waals surface area (Å²) in [4.78, 5) is 0. The minimum Gasteiger partial charge on any atom is 0 e. The smallest absolute Gasteiger partial charge is 0 e. The maximum absolute atomic E-state index is 0. The van der Waals surface area contributed by atoms with E-state index in [4.69, 9.17) is 0 Å². The van der Waals surface area contributed by atoms with Crippen molar-refractivity contribution in [3.05, 3.63) is 0 Å². The molecule has 0 N–H and O–H groups in total. The van der Waals surface area contributed by atoms with Crippen LogP contribution in [0.25, 0.3) is 0 Å². The molecule has 0 aliphatic rings. The Morgan fingerprint density at radius 3 is 1.00 bits per heavy atom. The molecule has 0 aliphatic carbocycles. The Morgan fingerprint density at radius 1 is 1.00 bits per heavy atom. The molecule has 0 aromatic rings. The first kappa shape index (κ1) is 38.7. The first-order chi connectivity index (χ1) is 0. The zero-order valence-corrected chi connectivity index (χ0v) is 11.2. The fraction of sp³-hybridized carbons (Fsp3) is 0. The van der Waals surface area contributed by atoms with E-state index in [0.29, 0.717) is 0 Å². The van der Waals surface area contributed by atoms with E-state index in [9.17, 15) is 0 Å². The van der Waals surface area contributed by atoms with Gasteiger partial charge in [0.05, 0.1) is 0 Å². The Kier molecular flexibility index (Phi) is 199. The molecule has 0 bridgehead atoms. The minimum atomic E-state index is 0. The van der Waals surface area contributed by atoms with E-state index in [1.165, 1.54) is 0 Å². The zero-order chi connectivity index (χ0) is 0. The fourth-order valence-corrected chi connectivity index (χ4v) is 0. The van der Waals surface area contributed by atoms with Gasteiger partial charge in [-0.25, -0.2) is 0 Å². The van der Waals surface area contributed by atoms with Gasteiger partial charge in [-0.05, 0) is 0 Å². The SMILES string of the molecule is S.[CaH2].[Cu].[SnH2].[Zn]. The van der Waals surface area contributed by atoms with Gasteiger partial charge in [0.15, 0.2) is 0 Å². The Balaban J connectivity index is 0. The summed E-state index contributed by atoms with van der Waals surface area (Å²) in [5.74, 6) is 0. The van der Waals surface area contributed by atoms with Gasteiger partial charge in [0, 0.05) is 36.5 Å². The zero-order valence-electron chi connectivity index (χ0n) is 2.22. The van der Waals surface area contributed by atoms with Crippen molar-refractivity contribution in [1.29, 1.82) is 0 Å². The molecular weight excluding hydrogens is 320 g/mol. The summed E-state index contributed by atoms with van der Waals surface area (Å²) in [5.41, 5.74) is 0. The summed E-state index contributed by atoms with van der Waals surface area (Å²) in [6.45, 7) is 0. The van der Waals surface area contributed by atoms with Crippen LogP contribution in [0.3, 0.4) is 0 Å². The molecule has 0 saturated carbocycles. The topological polar surface area (TPSA) is 0 Å². The van der Waals surface area contributed by atoms with E-state index < -0.39 is 0 Å². The molecule has 0 nitrogen and oxygen atoms in total. The monoisotopic (exact) mass is 325 g/mol. The number of rotatable bonds is 0. The van der Waals surface area contributed by atoms with Gasteiger partial charge in [-0.3, -0.25) is 0 Å². The molecule has 0 atom stereocenters. The van der Waals surface area contributed by atoms with E-state index in [-0.39, 0.29) is 112 Å². The van der Waals surface area contributed by atoms with Crippen molar-refractivity contribution in [2.45, 2.75) is 0 Å². The summed E-state index contributed by atoms with van der Waals surface area (Å²) in [6.07, 6.45) is 0.